The Morgan fingerprint density at radius 1 is 1.67 bits per heavy atom. The summed E-state index contributed by atoms with van der Waals surface area (Å²) >= 11 is 6.09. The average molecular weight is 226 g/mol. The zero-order valence-electron chi connectivity index (χ0n) is 9.34. The van der Waals surface area contributed by atoms with Crippen molar-refractivity contribution >= 4 is 11.6 Å². The van der Waals surface area contributed by atoms with E-state index in [2.05, 4.69) is 23.3 Å². The number of aromatic nitrogens is 2. The first-order valence-corrected chi connectivity index (χ1v) is 5.28. The maximum atomic E-state index is 6.09. The summed E-state index contributed by atoms with van der Waals surface area (Å²) in [4.78, 5) is 0. The summed E-state index contributed by atoms with van der Waals surface area (Å²) in [6, 6.07) is 0.297. The van der Waals surface area contributed by atoms with Crippen LogP contribution >= 0.6 is 11.6 Å². The van der Waals surface area contributed by atoms with E-state index < -0.39 is 0 Å². The van der Waals surface area contributed by atoms with Crippen molar-refractivity contribution in [3.05, 3.63) is 16.4 Å². The second kappa shape index (κ2) is 5.20. The lowest BCUT2D eigenvalue weighted by Gasteiger charge is -2.10. The van der Waals surface area contributed by atoms with E-state index in [1.807, 2.05) is 14.0 Å². The summed E-state index contributed by atoms with van der Waals surface area (Å²) in [5.41, 5.74) is 2.01. The van der Waals surface area contributed by atoms with E-state index in [1.54, 1.807) is 4.68 Å². The molecule has 1 atom stereocenters. The molecule has 1 aromatic rings. The van der Waals surface area contributed by atoms with Gasteiger partial charge in [-0.05, 0) is 13.8 Å². The molecular formula is C11H16ClN3. The van der Waals surface area contributed by atoms with Gasteiger partial charge in [0.15, 0.2) is 0 Å². The van der Waals surface area contributed by atoms with Crippen LogP contribution in [0.5, 0.6) is 0 Å². The van der Waals surface area contributed by atoms with Crippen LogP contribution in [-0.2, 0) is 13.6 Å². The molecule has 0 bridgehead atoms. The van der Waals surface area contributed by atoms with Gasteiger partial charge in [0.25, 0.3) is 0 Å². The van der Waals surface area contributed by atoms with Gasteiger partial charge in [0, 0.05) is 31.6 Å². The van der Waals surface area contributed by atoms with Gasteiger partial charge in [0.2, 0.25) is 0 Å². The summed E-state index contributed by atoms with van der Waals surface area (Å²) in [5.74, 6) is 2.62. The van der Waals surface area contributed by atoms with E-state index in [0.717, 1.165) is 17.7 Å². The first-order chi connectivity index (χ1) is 7.06. The third kappa shape index (κ3) is 2.98. The third-order valence-electron chi connectivity index (χ3n) is 2.32. The van der Waals surface area contributed by atoms with Crippen molar-refractivity contribution in [3.8, 4) is 12.3 Å². The van der Waals surface area contributed by atoms with Gasteiger partial charge in [-0.3, -0.25) is 4.68 Å². The smallest absolute Gasteiger partial charge is 0.131 e. The Morgan fingerprint density at radius 2 is 2.33 bits per heavy atom. The second-order valence-electron chi connectivity index (χ2n) is 3.67. The molecule has 82 valence electrons. The van der Waals surface area contributed by atoms with Crippen LogP contribution in [0.25, 0.3) is 0 Å². The van der Waals surface area contributed by atoms with Gasteiger partial charge in [0.1, 0.15) is 5.15 Å². The molecule has 0 aromatic carbocycles. The van der Waals surface area contributed by atoms with Crippen LogP contribution in [0.15, 0.2) is 0 Å². The minimum Gasteiger partial charge on any atom is -0.309 e. The Balaban J connectivity index is 2.62. The van der Waals surface area contributed by atoms with Crippen LogP contribution in [0.4, 0.5) is 0 Å². The molecule has 0 spiro atoms. The van der Waals surface area contributed by atoms with Crippen LogP contribution in [0.2, 0.25) is 5.15 Å². The molecule has 0 aliphatic carbocycles. The highest BCUT2D eigenvalue weighted by molar-refractivity contribution is 6.30. The first kappa shape index (κ1) is 12.1. The quantitative estimate of drug-likeness (QED) is 0.794. The predicted molar refractivity (Wildman–Crippen MR) is 62.7 cm³/mol. The van der Waals surface area contributed by atoms with Crippen LogP contribution in [0.1, 0.15) is 24.6 Å². The van der Waals surface area contributed by atoms with E-state index in [1.165, 1.54) is 0 Å². The number of terminal acetylenes is 1. The van der Waals surface area contributed by atoms with Crippen molar-refractivity contribution in [2.24, 2.45) is 7.05 Å². The largest absolute Gasteiger partial charge is 0.309 e. The zero-order valence-corrected chi connectivity index (χ0v) is 10.1. The average Bonchev–Trinajstić information content (AvgIpc) is 2.40. The Kier molecular flexibility index (Phi) is 4.19. The number of rotatable bonds is 4. The van der Waals surface area contributed by atoms with E-state index in [-0.39, 0.29) is 0 Å². The van der Waals surface area contributed by atoms with Crippen LogP contribution in [0.3, 0.4) is 0 Å². The number of aryl methyl sites for hydroxylation is 2. The Morgan fingerprint density at radius 3 is 2.80 bits per heavy atom. The molecule has 15 heavy (non-hydrogen) atoms. The normalized spacial score (nSPS) is 12.5. The van der Waals surface area contributed by atoms with Crippen LogP contribution in [0, 0.1) is 19.3 Å². The third-order valence-corrected chi connectivity index (χ3v) is 2.79. The SMILES string of the molecule is C#CCC(C)NCc1c(C)nn(C)c1Cl. The van der Waals surface area contributed by atoms with Crippen LogP contribution < -0.4 is 5.32 Å². The van der Waals surface area contributed by atoms with E-state index >= 15 is 0 Å². The number of halogens is 1. The molecule has 1 heterocycles. The molecule has 0 aliphatic rings. The number of hydrogen-bond acceptors (Lipinski definition) is 2. The zero-order chi connectivity index (χ0) is 11.4. The van der Waals surface area contributed by atoms with E-state index in [4.69, 9.17) is 18.0 Å². The Hall–Kier alpha value is -0.980. The maximum absolute atomic E-state index is 6.09. The predicted octanol–water partition coefficient (Wildman–Crippen LogP) is 1.88. The van der Waals surface area contributed by atoms with Crippen molar-refractivity contribution in [1.29, 1.82) is 0 Å². The van der Waals surface area contributed by atoms with Gasteiger partial charge in [-0.25, -0.2) is 0 Å². The summed E-state index contributed by atoms with van der Waals surface area (Å²) in [5, 5.41) is 8.24. The fourth-order valence-electron chi connectivity index (χ4n) is 1.40. The molecule has 3 nitrogen and oxygen atoms in total. The van der Waals surface area contributed by atoms with E-state index in [0.29, 0.717) is 17.7 Å². The van der Waals surface area contributed by atoms with Crippen molar-refractivity contribution in [1.82, 2.24) is 15.1 Å². The lowest BCUT2D eigenvalue weighted by Crippen LogP contribution is -2.25. The summed E-state index contributed by atoms with van der Waals surface area (Å²) in [6.07, 6.45) is 5.95. The monoisotopic (exact) mass is 225 g/mol. The van der Waals surface area contributed by atoms with Crippen molar-refractivity contribution in [2.45, 2.75) is 32.9 Å². The standard InChI is InChI=1S/C11H16ClN3/c1-5-6-8(2)13-7-10-9(3)14-15(4)11(10)12/h1,8,13H,6-7H2,2-4H3. The van der Waals surface area contributed by atoms with Gasteiger partial charge in [-0.2, -0.15) is 5.10 Å². The summed E-state index contributed by atoms with van der Waals surface area (Å²) < 4.78 is 1.68. The first-order valence-electron chi connectivity index (χ1n) is 4.91. The molecule has 0 saturated carbocycles. The molecule has 0 saturated heterocycles. The minimum absolute atomic E-state index is 0.297. The highest BCUT2D eigenvalue weighted by Gasteiger charge is 2.11. The highest BCUT2D eigenvalue weighted by Crippen LogP contribution is 2.18. The number of nitrogens with zero attached hydrogens (tertiary/aromatic N) is 2. The molecule has 1 aromatic heterocycles. The van der Waals surface area contributed by atoms with Gasteiger partial charge in [-0.1, -0.05) is 11.6 Å². The van der Waals surface area contributed by atoms with Crippen LogP contribution in [-0.4, -0.2) is 15.8 Å². The van der Waals surface area contributed by atoms with Gasteiger partial charge in [-0.15, -0.1) is 12.3 Å². The van der Waals surface area contributed by atoms with Gasteiger partial charge >= 0.3 is 0 Å². The molecule has 0 amide bonds. The maximum Gasteiger partial charge on any atom is 0.131 e. The molecule has 1 rings (SSSR count). The molecule has 1 N–H and O–H groups in total. The van der Waals surface area contributed by atoms with Crippen molar-refractivity contribution in [3.63, 3.8) is 0 Å². The second-order valence-corrected chi connectivity index (χ2v) is 4.03. The fraction of sp³-hybridized carbons (Fsp3) is 0.545. The lowest BCUT2D eigenvalue weighted by atomic mass is 10.2. The highest BCUT2D eigenvalue weighted by atomic mass is 35.5. The molecule has 0 fully saturated rings. The molecular weight excluding hydrogens is 210 g/mol. The fourth-order valence-corrected chi connectivity index (χ4v) is 1.64. The molecule has 4 heteroatoms. The van der Waals surface area contributed by atoms with Crippen molar-refractivity contribution < 1.29 is 0 Å². The Labute approximate surface area is 95.8 Å². The minimum atomic E-state index is 0.297. The molecule has 0 aliphatic heterocycles. The number of hydrogen-bond donors (Lipinski definition) is 1. The number of nitrogens with one attached hydrogen (secondary N) is 1. The van der Waals surface area contributed by atoms with Gasteiger partial charge < -0.3 is 5.32 Å². The summed E-state index contributed by atoms with van der Waals surface area (Å²) in [6.45, 7) is 4.72. The lowest BCUT2D eigenvalue weighted by molar-refractivity contribution is 0.558. The van der Waals surface area contributed by atoms with E-state index in [9.17, 15) is 0 Å². The topological polar surface area (TPSA) is 29.9 Å². The van der Waals surface area contributed by atoms with Crippen molar-refractivity contribution in [2.75, 3.05) is 0 Å². The molecule has 1 unspecified atom stereocenters. The summed E-state index contributed by atoms with van der Waals surface area (Å²) in [7, 11) is 1.84. The van der Waals surface area contributed by atoms with Gasteiger partial charge in [0.05, 0.1) is 5.69 Å². The molecule has 0 radical (unpaired) electrons. The Bertz CT molecular complexity index is 376.